The number of anilines is 1. The average molecular weight is 244 g/mol. The summed E-state index contributed by atoms with van der Waals surface area (Å²) in [5.41, 5.74) is 0.991. The van der Waals surface area contributed by atoms with Gasteiger partial charge in [-0.15, -0.1) is 0 Å². The van der Waals surface area contributed by atoms with Crippen molar-refractivity contribution in [1.29, 1.82) is 0 Å². The lowest BCUT2D eigenvalue weighted by atomic mass is 9.83. The largest absolute Gasteiger partial charge is 0.314 e. The second kappa shape index (κ2) is 4.73. The van der Waals surface area contributed by atoms with Crippen LogP contribution in [0.2, 0.25) is 0 Å². The van der Waals surface area contributed by atoms with E-state index in [1.165, 1.54) is 12.8 Å². The minimum absolute atomic E-state index is 0.114. The average Bonchev–Trinajstić information content (AvgIpc) is 2.48. The molecule has 1 amide bonds. The molecule has 18 heavy (non-hydrogen) atoms. The molecule has 0 aliphatic carbocycles. The third-order valence-electron chi connectivity index (χ3n) is 4.41. The van der Waals surface area contributed by atoms with Crippen LogP contribution in [0.25, 0.3) is 0 Å². The number of benzene rings is 1. The molecule has 3 nitrogen and oxygen atoms in total. The number of piperidine rings is 3. The number of amides is 1. The van der Waals surface area contributed by atoms with Gasteiger partial charge in [0.1, 0.15) is 0 Å². The highest BCUT2D eigenvalue weighted by molar-refractivity contribution is 5.96. The summed E-state index contributed by atoms with van der Waals surface area (Å²) in [5, 5.41) is 0. The number of hydrogen-bond donors (Lipinski definition) is 0. The molecule has 1 aromatic rings. The van der Waals surface area contributed by atoms with Gasteiger partial charge >= 0.3 is 0 Å². The number of carbonyl (C=O) groups excluding carboxylic acids is 1. The van der Waals surface area contributed by atoms with Gasteiger partial charge in [-0.05, 0) is 50.4 Å². The van der Waals surface area contributed by atoms with Crippen LogP contribution in [0.3, 0.4) is 0 Å². The maximum atomic E-state index is 12.6. The molecule has 0 aromatic heterocycles. The first-order valence-corrected chi connectivity index (χ1v) is 6.82. The van der Waals surface area contributed by atoms with Crippen molar-refractivity contribution in [3.63, 3.8) is 0 Å². The molecule has 1 aromatic carbocycles. The Morgan fingerprint density at radius 1 is 1.22 bits per heavy atom. The normalized spacial score (nSPS) is 30.2. The molecule has 3 saturated heterocycles. The van der Waals surface area contributed by atoms with E-state index in [9.17, 15) is 4.79 Å². The van der Waals surface area contributed by atoms with Crippen LogP contribution in [-0.4, -0.2) is 37.0 Å². The van der Waals surface area contributed by atoms with Crippen LogP contribution in [0.15, 0.2) is 30.3 Å². The smallest absolute Gasteiger partial charge is 0.244 e. The molecule has 0 radical (unpaired) electrons. The van der Waals surface area contributed by atoms with E-state index in [0.717, 1.165) is 31.1 Å². The lowest BCUT2D eigenvalue weighted by Gasteiger charge is -2.45. The van der Waals surface area contributed by atoms with Crippen LogP contribution in [0, 0.1) is 5.92 Å². The van der Waals surface area contributed by atoms with Gasteiger partial charge in [-0.3, -0.25) is 9.69 Å². The number of para-hydroxylation sites is 1. The van der Waals surface area contributed by atoms with Gasteiger partial charge in [-0.2, -0.15) is 0 Å². The second-order valence-corrected chi connectivity index (χ2v) is 5.46. The third kappa shape index (κ3) is 2.03. The van der Waals surface area contributed by atoms with Crippen molar-refractivity contribution in [2.75, 3.05) is 25.0 Å². The summed E-state index contributed by atoms with van der Waals surface area (Å²) in [6.07, 6.45) is 3.60. The summed E-state index contributed by atoms with van der Waals surface area (Å²) in [6, 6.07) is 10.0. The Labute approximate surface area is 108 Å². The number of rotatable bonds is 2. The Kier molecular flexibility index (Phi) is 3.08. The summed E-state index contributed by atoms with van der Waals surface area (Å²) in [5.74, 6) is 1.03. The molecule has 1 atom stereocenters. The lowest BCUT2D eigenvalue weighted by Crippen LogP contribution is -2.55. The number of nitrogens with zero attached hydrogens (tertiary/aromatic N) is 2. The Morgan fingerprint density at radius 3 is 2.44 bits per heavy atom. The Balaban J connectivity index is 1.75. The molecule has 96 valence electrons. The predicted molar refractivity (Wildman–Crippen MR) is 72.6 cm³/mol. The van der Waals surface area contributed by atoms with Crippen LogP contribution >= 0.6 is 0 Å². The zero-order valence-corrected chi connectivity index (χ0v) is 10.9. The van der Waals surface area contributed by atoms with E-state index in [-0.39, 0.29) is 11.9 Å². The van der Waals surface area contributed by atoms with E-state index in [0.29, 0.717) is 0 Å². The number of likely N-dealkylation sites (N-methyl/N-ethyl adjacent to an activating group) is 1. The van der Waals surface area contributed by atoms with Crippen molar-refractivity contribution < 1.29 is 4.79 Å². The molecule has 3 heteroatoms. The van der Waals surface area contributed by atoms with Gasteiger partial charge in [0.05, 0.1) is 6.04 Å². The van der Waals surface area contributed by atoms with Gasteiger partial charge in [0.25, 0.3) is 0 Å². The topological polar surface area (TPSA) is 23.6 Å². The van der Waals surface area contributed by atoms with Crippen molar-refractivity contribution >= 4 is 11.6 Å². The summed E-state index contributed by atoms with van der Waals surface area (Å²) >= 11 is 0. The highest BCUT2D eigenvalue weighted by Crippen LogP contribution is 2.33. The Bertz CT molecular complexity index is 423. The maximum Gasteiger partial charge on any atom is 0.244 e. The van der Waals surface area contributed by atoms with Crippen LogP contribution in [-0.2, 0) is 4.79 Å². The van der Waals surface area contributed by atoms with Crippen molar-refractivity contribution in [1.82, 2.24) is 4.90 Å². The first-order chi connectivity index (χ1) is 8.75. The van der Waals surface area contributed by atoms with E-state index in [1.807, 2.05) is 42.3 Å². The summed E-state index contributed by atoms with van der Waals surface area (Å²) < 4.78 is 0. The van der Waals surface area contributed by atoms with Gasteiger partial charge in [-0.1, -0.05) is 18.2 Å². The summed E-state index contributed by atoms with van der Waals surface area (Å²) in [7, 11) is 1.89. The van der Waals surface area contributed by atoms with E-state index in [1.54, 1.807) is 0 Å². The van der Waals surface area contributed by atoms with Gasteiger partial charge in [-0.25, -0.2) is 0 Å². The molecular formula is C15H20N2O. The Hall–Kier alpha value is -1.35. The molecule has 0 saturated carbocycles. The Morgan fingerprint density at radius 2 is 1.89 bits per heavy atom. The molecule has 3 aliphatic heterocycles. The fourth-order valence-electron chi connectivity index (χ4n) is 3.22. The third-order valence-corrected chi connectivity index (χ3v) is 4.41. The molecule has 1 unspecified atom stereocenters. The van der Waals surface area contributed by atoms with Crippen molar-refractivity contribution in [3.8, 4) is 0 Å². The number of carbonyl (C=O) groups is 1. The van der Waals surface area contributed by atoms with E-state index >= 15 is 0 Å². The van der Waals surface area contributed by atoms with Crippen LogP contribution < -0.4 is 4.90 Å². The molecular weight excluding hydrogens is 224 g/mol. The first kappa shape index (κ1) is 11.7. The fraction of sp³-hybridized carbons (Fsp3) is 0.533. The SMILES string of the molecule is CN(C(=O)C1CC2CCN1CC2)c1ccccc1. The van der Waals surface area contributed by atoms with Gasteiger partial charge in [0.2, 0.25) is 5.91 Å². The monoisotopic (exact) mass is 244 g/mol. The minimum Gasteiger partial charge on any atom is -0.314 e. The van der Waals surface area contributed by atoms with E-state index in [2.05, 4.69) is 4.90 Å². The van der Waals surface area contributed by atoms with Crippen molar-refractivity contribution in [2.24, 2.45) is 5.92 Å². The molecule has 0 N–H and O–H groups in total. The zero-order valence-electron chi connectivity index (χ0n) is 10.9. The quantitative estimate of drug-likeness (QED) is 0.795. The number of hydrogen-bond acceptors (Lipinski definition) is 2. The van der Waals surface area contributed by atoms with Crippen molar-refractivity contribution in [2.45, 2.75) is 25.3 Å². The molecule has 0 spiro atoms. The van der Waals surface area contributed by atoms with Crippen LogP contribution in [0.4, 0.5) is 5.69 Å². The molecule has 2 bridgehead atoms. The summed E-state index contributed by atoms with van der Waals surface area (Å²) in [6.45, 7) is 2.20. The second-order valence-electron chi connectivity index (χ2n) is 5.46. The van der Waals surface area contributed by atoms with Crippen molar-refractivity contribution in [3.05, 3.63) is 30.3 Å². The minimum atomic E-state index is 0.114. The highest BCUT2D eigenvalue weighted by atomic mass is 16.2. The molecule has 3 heterocycles. The molecule has 4 rings (SSSR count). The number of fused-ring (bicyclic) bond motifs is 3. The zero-order chi connectivity index (χ0) is 12.5. The lowest BCUT2D eigenvalue weighted by molar-refractivity contribution is -0.127. The van der Waals surface area contributed by atoms with E-state index < -0.39 is 0 Å². The van der Waals surface area contributed by atoms with Crippen LogP contribution in [0.1, 0.15) is 19.3 Å². The predicted octanol–water partition coefficient (Wildman–Crippen LogP) is 2.13. The fourth-order valence-corrected chi connectivity index (χ4v) is 3.22. The van der Waals surface area contributed by atoms with Gasteiger partial charge in [0, 0.05) is 12.7 Å². The molecule has 3 aliphatic rings. The van der Waals surface area contributed by atoms with Gasteiger partial charge in [0.15, 0.2) is 0 Å². The standard InChI is InChI=1S/C15H20N2O/c1-16(13-5-3-2-4-6-13)15(18)14-11-12-7-9-17(14)10-8-12/h2-6,12,14H,7-11H2,1H3. The maximum absolute atomic E-state index is 12.6. The molecule has 3 fully saturated rings. The summed E-state index contributed by atoms with van der Waals surface area (Å²) in [4.78, 5) is 16.7. The van der Waals surface area contributed by atoms with E-state index in [4.69, 9.17) is 0 Å². The highest BCUT2D eigenvalue weighted by Gasteiger charge is 2.38. The van der Waals surface area contributed by atoms with Crippen LogP contribution in [0.5, 0.6) is 0 Å². The first-order valence-electron chi connectivity index (χ1n) is 6.82. The van der Waals surface area contributed by atoms with Gasteiger partial charge < -0.3 is 4.90 Å².